The summed E-state index contributed by atoms with van der Waals surface area (Å²) in [7, 11) is 0. The first-order chi connectivity index (χ1) is 13.0. The van der Waals surface area contributed by atoms with Crippen LogP contribution < -0.4 is 5.32 Å². The molecule has 0 saturated heterocycles. The summed E-state index contributed by atoms with van der Waals surface area (Å²) in [4.78, 5) is 22.2. The molecule has 29 heavy (non-hydrogen) atoms. The van der Waals surface area contributed by atoms with Crippen molar-refractivity contribution in [2.45, 2.75) is 84.0 Å². The molecule has 3 N–H and O–H groups in total. The molecular weight excluding hydrogens is 388 g/mol. The van der Waals surface area contributed by atoms with E-state index in [1.807, 2.05) is 0 Å². The predicted octanol–water partition coefficient (Wildman–Crippen LogP) is 4.90. The Bertz CT molecular complexity index is 550. The second-order valence-corrected chi connectivity index (χ2v) is 7.23. The van der Waals surface area contributed by atoms with Gasteiger partial charge in [0, 0.05) is 12.2 Å². The van der Waals surface area contributed by atoms with Crippen LogP contribution in [0.2, 0.25) is 0 Å². The Morgan fingerprint density at radius 3 is 1.45 bits per heavy atom. The van der Waals surface area contributed by atoms with E-state index in [9.17, 15) is 9.59 Å². The van der Waals surface area contributed by atoms with E-state index >= 15 is 0 Å². The Balaban J connectivity index is 0. The summed E-state index contributed by atoms with van der Waals surface area (Å²) in [6.07, 6.45) is 15.4. The zero-order valence-corrected chi connectivity index (χ0v) is 16.6. The molecule has 0 bridgehead atoms. The van der Waals surface area contributed by atoms with Crippen molar-refractivity contribution >= 4 is 76.7 Å². The van der Waals surface area contributed by atoms with Gasteiger partial charge in [-0.3, -0.25) is 0 Å². The van der Waals surface area contributed by atoms with E-state index in [1.165, 1.54) is 82.4 Å². The fraction of sp³-hybridized carbons (Fsp3) is 0.636. The maximum absolute atomic E-state index is 11.1. The van der Waals surface area contributed by atoms with E-state index in [1.54, 1.807) is 0 Å². The molecule has 5 nitrogen and oxygen atoms in total. The van der Waals surface area contributed by atoms with Crippen molar-refractivity contribution in [1.29, 1.82) is 0 Å². The van der Waals surface area contributed by atoms with Gasteiger partial charge in [0.05, 0.1) is 11.1 Å². The topological polar surface area (TPSA) is 86.6 Å². The first-order valence-corrected chi connectivity index (χ1v) is 10.4. The third-order valence-electron chi connectivity index (χ3n) is 4.79. The van der Waals surface area contributed by atoms with Gasteiger partial charge < -0.3 is 15.5 Å². The number of nitrogens with one attached hydrogen (secondary N) is 1. The summed E-state index contributed by atoms with van der Waals surface area (Å²) >= 11 is 0. The summed E-state index contributed by atoms with van der Waals surface area (Å²) in [5.74, 6) is -2.24. The Morgan fingerprint density at radius 1 is 0.690 bits per heavy atom. The minimum absolute atomic E-state index is 0. The Morgan fingerprint density at radius 2 is 1.07 bits per heavy atom. The fourth-order valence-electron chi connectivity index (χ4n) is 3.18. The average molecular weight is 426 g/mol. The Hall–Kier alpha value is -0.0400. The minimum atomic E-state index is -1.12. The van der Waals surface area contributed by atoms with Crippen LogP contribution in [0.4, 0.5) is 5.69 Å². The average Bonchev–Trinajstić information content (AvgIpc) is 2.65. The number of aromatic carboxylic acids is 2. The number of benzene rings is 1. The second-order valence-electron chi connectivity index (χ2n) is 7.23. The van der Waals surface area contributed by atoms with Crippen molar-refractivity contribution in [3.63, 3.8) is 0 Å². The van der Waals surface area contributed by atoms with Crippen LogP contribution in [0.3, 0.4) is 0 Å². The first kappa shape index (κ1) is 31.1. The number of hydrogen-bond donors (Lipinski definition) is 3. The predicted molar refractivity (Wildman–Crippen MR) is 124 cm³/mol. The molecule has 0 fully saturated rings. The van der Waals surface area contributed by atoms with Crippen LogP contribution in [-0.4, -0.2) is 87.8 Å². The number of carbonyl (C=O) groups is 2. The third-order valence-corrected chi connectivity index (χ3v) is 4.79. The van der Waals surface area contributed by atoms with E-state index in [2.05, 4.69) is 12.2 Å². The molecule has 1 aromatic carbocycles. The molecule has 0 saturated carbocycles. The van der Waals surface area contributed by atoms with Crippen LogP contribution >= 0.6 is 0 Å². The number of carboxylic acids is 2. The van der Waals surface area contributed by atoms with Crippen LogP contribution in [0.25, 0.3) is 0 Å². The molecule has 0 aliphatic heterocycles. The molecule has 156 valence electrons. The zero-order valence-electron chi connectivity index (χ0n) is 16.6. The summed E-state index contributed by atoms with van der Waals surface area (Å²) in [5, 5.41) is 21.3. The van der Waals surface area contributed by atoms with E-state index in [0.29, 0.717) is 5.69 Å². The Labute approximate surface area is 220 Å². The molecule has 0 aromatic heterocycles. The number of anilines is 1. The normalized spacial score (nSPS) is 9.97. The van der Waals surface area contributed by atoms with Crippen molar-refractivity contribution in [1.82, 2.24) is 0 Å². The second kappa shape index (κ2) is 19.9. The molecule has 1 rings (SSSR count). The number of rotatable bonds is 16. The molecule has 0 heterocycles. The van der Waals surface area contributed by atoms with E-state index < -0.39 is 11.9 Å². The molecule has 7 heteroatoms. The van der Waals surface area contributed by atoms with Gasteiger partial charge in [-0.1, -0.05) is 77.6 Å². The van der Waals surface area contributed by atoms with Gasteiger partial charge in [0.15, 0.2) is 0 Å². The third kappa shape index (κ3) is 15.4. The zero-order chi connectivity index (χ0) is 19.9. The standard InChI is InChI=1S/C22H35NO4.2Na.2H/c1-2-3-4-5-6-7-8-9-10-11-12-13-14-23-20-16-18(21(24)25)15-19(17-20)22(26)27;;;;/h15-17,23H,2-14H2,1H3,(H,24,25)(H,26,27);;;;. The van der Waals surface area contributed by atoms with Gasteiger partial charge in [-0.15, -0.1) is 0 Å². The van der Waals surface area contributed by atoms with Crippen LogP contribution in [0.1, 0.15) is 105 Å². The monoisotopic (exact) mass is 425 g/mol. The van der Waals surface area contributed by atoms with Crippen LogP contribution in [-0.2, 0) is 0 Å². The van der Waals surface area contributed by atoms with Crippen molar-refractivity contribution in [3.05, 3.63) is 29.3 Å². The van der Waals surface area contributed by atoms with Crippen LogP contribution in [0.5, 0.6) is 0 Å². The maximum atomic E-state index is 11.1. The molecule has 0 radical (unpaired) electrons. The van der Waals surface area contributed by atoms with Crippen LogP contribution in [0.15, 0.2) is 18.2 Å². The van der Waals surface area contributed by atoms with Crippen molar-refractivity contribution in [3.8, 4) is 0 Å². The van der Waals surface area contributed by atoms with Crippen molar-refractivity contribution in [2.24, 2.45) is 0 Å². The molecule has 0 spiro atoms. The molecule has 0 aliphatic rings. The number of hydrogen-bond acceptors (Lipinski definition) is 3. The first-order valence-electron chi connectivity index (χ1n) is 10.4. The SMILES string of the molecule is CCCCCCCCCCCCCCNc1cc(C(=O)O)cc(C(=O)O)c1.[NaH].[NaH]. The van der Waals surface area contributed by atoms with Crippen molar-refractivity contribution < 1.29 is 19.8 Å². The molecule has 1 aromatic rings. The molecule has 0 aliphatic carbocycles. The molecular formula is C22H37NNa2O4. The van der Waals surface area contributed by atoms with Gasteiger partial charge in [0.2, 0.25) is 0 Å². The summed E-state index contributed by atoms with van der Waals surface area (Å²) < 4.78 is 0. The number of unbranched alkanes of at least 4 members (excludes halogenated alkanes) is 11. The van der Waals surface area contributed by atoms with Gasteiger partial charge >= 0.3 is 71.1 Å². The van der Waals surface area contributed by atoms with E-state index in [0.717, 1.165) is 19.4 Å². The Kier molecular flexibility index (Phi) is 21.4. The van der Waals surface area contributed by atoms with Crippen LogP contribution in [0, 0.1) is 0 Å². The summed E-state index contributed by atoms with van der Waals surface area (Å²) in [6, 6.07) is 4.14. The molecule has 0 amide bonds. The van der Waals surface area contributed by atoms with E-state index in [-0.39, 0.29) is 70.2 Å². The molecule has 0 atom stereocenters. The summed E-state index contributed by atoms with van der Waals surface area (Å²) in [5.41, 5.74) is 0.537. The van der Waals surface area contributed by atoms with Gasteiger partial charge in [0.25, 0.3) is 0 Å². The van der Waals surface area contributed by atoms with Gasteiger partial charge in [-0.25, -0.2) is 9.59 Å². The van der Waals surface area contributed by atoms with Gasteiger partial charge in [0.1, 0.15) is 0 Å². The van der Waals surface area contributed by atoms with E-state index in [4.69, 9.17) is 10.2 Å². The molecule has 0 unspecified atom stereocenters. The van der Waals surface area contributed by atoms with Gasteiger partial charge in [-0.05, 0) is 24.6 Å². The fourth-order valence-corrected chi connectivity index (χ4v) is 3.18. The summed E-state index contributed by atoms with van der Waals surface area (Å²) in [6.45, 7) is 2.97. The quantitative estimate of drug-likeness (QED) is 0.259. The van der Waals surface area contributed by atoms with Gasteiger partial charge in [-0.2, -0.15) is 0 Å². The van der Waals surface area contributed by atoms with Crippen molar-refractivity contribution in [2.75, 3.05) is 11.9 Å². The number of carboxylic acid groups (broad SMARTS) is 2.